The molecule has 2 aliphatic rings. The van der Waals surface area contributed by atoms with Crippen LogP contribution in [0, 0.1) is 5.92 Å². The second-order valence-electron chi connectivity index (χ2n) is 6.14. The van der Waals surface area contributed by atoms with Gasteiger partial charge in [-0.05, 0) is 68.0 Å². The Labute approximate surface area is 177 Å². The van der Waals surface area contributed by atoms with Gasteiger partial charge in [0.2, 0.25) is 11.8 Å². The number of nitrogens with one attached hydrogen (secondary N) is 2. The summed E-state index contributed by atoms with van der Waals surface area (Å²) in [7, 11) is 1.27. The molecular weight excluding hydrogens is 496 g/mol. The van der Waals surface area contributed by atoms with Crippen LogP contribution in [0.3, 0.4) is 0 Å². The molecule has 0 saturated carbocycles. The van der Waals surface area contributed by atoms with Gasteiger partial charge in [-0.3, -0.25) is 14.4 Å². The fourth-order valence-corrected chi connectivity index (χ4v) is 3.58. The van der Waals surface area contributed by atoms with E-state index in [1.807, 2.05) is 12.1 Å². The Morgan fingerprint density at radius 1 is 1.04 bits per heavy atom. The van der Waals surface area contributed by atoms with Crippen LogP contribution in [0.5, 0.6) is 0 Å². The number of rotatable bonds is 1. The molecule has 8 nitrogen and oxygen atoms in total. The van der Waals surface area contributed by atoms with E-state index >= 15 is 0 Å². The van der Waals surface area contributed by atoms with Crippen LogP contribution in [-0.4, -0.2) is 34.9 Å². The van der Waals surface area contributed by atoms with E-state index < -0.39 is 11.9 Å². The molecule has 10 heteroatoms. The number of methoxy groups -OCH3 is 1. The van der Waals surface area contributed by atoms with Crippen molar-refractivity contribution in [1.82, 2.24) is 9.97 Å². The second kappa shape index (κ2) is 8.78. The van der Waals surface area contributed by atoms with E-state index in [0.29, 0.717) is 24.5 Å². The number of carbonyl (C=O) groups excluding carboxylic acids is 3. The summed E-state index contributed by atoms with van der Waals surface area (Å²) in [6.07, 6.45) is 4.95. The lowest BCUT2D eigenvalue weighted by atomic mass is 9.95. The number of aryl methyl sites for hydroxylation is 1. The number of anilines is 2. The summed E-state index contributed by atoms with van der Waals surface area (Å²) in [4.78, 5) is 42.0. The van der Waals surface area contributed by atoms with Crippen LogP contribution < -0.4 is 10.6 Å². The predicted octanol–water partition coefficient (Wildman–Crippen LogP) is 2.86. The fraction of sp³-hybridized carbons (Fsp3) is 0.278. The van der Waals surface area contributed by atoms with Crippen LogP contribution in [0.15, 0.2) is 33.5 Å². The molecule has 0 bridgehead atoms. The van der Waals surface area contributed by atoms with Gasteiger partial charge in [0.1, 0.15) is 17.6 Å². The number of nitrogens with zero attached hydrogens (tertiary/aromatic N) is 2. The molecule has 1 atom stereocenters. The normalized spacial score (nSPS) is 17.2. The lowest BCUT2D eigenvalue weighted by molar-refractivity contribution is -0.148. The lowest BCUT2D eigenvalue weighted by Crippen LogP contribution is -2.36. The molecule has 0 radical (unpaired) electrons. The van der Waals surface area contributed by atoms with Crippen LogP contribution in [0.4, 0.5) is 11.6 Å². The molecule has 28 heavy (non-hydrogen) atoms. The SMILES string of the molecule is COC(=O)C1Cc2cc(Br)cnc2NC1=O.O=C1CCc2cc(Br)cnc2N1. The number of hydrogen-bond donors (Lipinski definition) is 2. The summed E-state index contributed by atoms with van der Waals surface area (Å²) >= 11 is 6.62. The number of carbonyl (C=O) groups is 3. The van der Waals surface area contributed by atoms with Gasteiger partial charge in [-0.25, -0.2) is 9.97 Å². The van der Waals surface area contributed by atoms with Gasteiger partial charge in [0.15, 0.2) is 0 Å². The number of amides is 2. The van der Waals surface area contributed by atoms with Crippen LogP contribution in [0.1, 0.15) is 17.5 Å². The zero-order valence-corrected chi connectivity index (χ0v) is 18.0. The minimum absolute atomic E-state index is 0.0531. The van der Waals surface area contributed by atoms with Gasteiger partial charge in [-0.15, -0.1) is 0 Å². The van der Waals surface area contributed by atoms with Crippen molar-refractivity contribution in [2.45, 2.75) is 19.3 Å². The molecule has 2 amide bonds. The van der Waals surface area contributed by atoms with Crippen LogP contribution in [0.25, 0.3) is 0 Å². The number of ether oxygens (including phenoxy) is 1. The van der Waals surface area contributed by atoms with Crippen LogP contribution in [0.2, 0.25) is 0 Å². The minimum atomic E-state index is -0.784. The highest BCUT2D eigenvalue weighted by atomic mass is 79.9. The predicted molar refractivity (Wildman–Crippen MR) is 109 cm³/mol. The van der Waals surface area contributed by atoms with E-state index in [0.717, 1.165) is 26.5 Å². The minimum Gasteiger partial charge on any atom is -0.468 e. The smallest absolute Gasteiger partial charge is 0.318 e. The first kappa shape index (κ1) is 20.4. The number of aromatic nitrogens is 2. The first-order valence-electron chi connectivity index (χ1n) is 8.34. The zero-order chi connectivity index (χ0) is 20.3. The van der Waals surface area contributed by atoms with E-state index in [9.17, 15) is 14.4 Å². The van der Waals surface area contributed by atoms with Gasteiger partial charge < -0.3 is 15.4 Å². The largest absolute Gasteiger partial charge is 0.468 e. The van der Waals surface area contributed by atoms with E-state index in [4.69, 9.17) is 0 Å². The maximum atomic E-state index is 11.6. The molecule has 1 unspecified atom stereocenters. The van der Waals surface area contributed by atoms with Crippen LogP contribution >= 0.6 is 31.9 Å². The molecule has 2 N–H and O–H groups in total. The molecule has 0 saturated heterocycles. The highest BCUT2D eigenvalue weighted by Gasteiger charge is 2.33. The molecule has 2 aromatic heterocycles. The van der Waals surface area contributed by atoms with Crippen molar-refractivity contribution < 1.29 is 19.1 Å². The first-order chi connectivity index (χ1) is 13.4. The molecule has 2 aromatic rings. The maximum absolute atomic E-state index is 11.6. The topological polar surface area (TPSA) is 110 Å². The van der Waals surface area contributed by atoms with E-state index in [1.54, 1.807) is 12.4 Å². The molecular formula is C18H16Br2N4O4. The van der Waals surface area contributed by atoms with Gasteiger partial charge in [-0.1, -0.05) is 0 Å². The molecule has 0 aromatic carbocycles. The van der Waals surface area contributed by atoms with E-state index in [-0.39, 0.29) is 11.8 Å². The van der Waals surface area contributed by atoms with Gasteiger partial charge in [0, 0.05) is 27.8 Å². The second-order valence-corrected chi connectivity index (χ2v) is 7.97. The number of esters is 1. The average molecular weight is 512 g/mol. The zero-order valence-electron chi connectivity index (χ0n) is 14.8. The van der Waals surface area contributed by atoms with Gasteiger partial charge in [0.25, 0.3) is 0 Å². The van der Waals surface area contributed by atoms with Crippen molar-refractivity contribution in [2.75, 3.05) is 17.7 Å². The van der Waals surface area contributed by atoms with Crippen molar-refractivity contribution in [1.29, 1.82) is 0 Å². The number of hydrogen-bond acceptors (Lipinski definition) is 6. The third-order valence-corrected chi connectivity index (χ3v) is 5.08. The molecule has 0 aliphatic carbocycles. The van der Waals surface area contributed by atoms with Crippen molar-refractivity contribution in [3.05, 3.63) is 44.6 Å². The van der Waals surface area contributed by atoms with E-state index in [1.165, 1.54) is 7.11 Å². The first-order valence-corrected chi connectivity index (χ1v) is 9.93. The lowest BCUT2D eigenvalue weighted by Gasteiger charge is -2.21. The van der Waals surface area contributed by atoms with Gasteiger partial charge in [0.05, 0.1) is 7.11 Å². The molecule has 4 rings (SSSR count). The van der Waals surface area contributed by atoms with Crippen molar-refractivity contribution in [2.24, 2.45) is 5.92 Å². The molecule has 0 fully saturated rings. The number of fused-ring (bicyclic) bond motifs is 2. The maximum Gasteiger partial charge on any atom is 0.318 e. The average Bonchev–Trinajstić information content (AvgIpc) is 2.68. The molecule has 0 spiro atoms. The summed E-state index contributed by atoms with van der Waals surface area (Å²) < 4.78 is 6.34. The van der Waals surface area contributed by atoms with E-state index in [2.05, 4.69) is 57.2 Å². The molecule has 146 valence electrons. The Balaban J connectivity index is 0.000000167. The Kier molecular flexibility index (Phi) is 6.40. The van der Waals surface area contributed by atoms with Crippen molar-refractivity contribution in [3.8, 4) is 0 Å². The van der Waals surface area contributed by atoms with Crippen molar-refractivity contribution in [3.63, 3.8) is 0 Å². The van der Waals surface area contributed by atoms with Gasteiger partial charge in [-0.2, -0.15) is 0 Å². The monoisotopic (exact) mass is 510 g/mol. The third kappa shape index (κ3) is 4.74. The number of halogens is 2. The summed E-state index contributed by atoms with van der Waals surface area (Å²) in [6.45, 7) is 0. The fourth-order valence-electron chi connectivity index (χ4n) is 2.83. The summed E-state index contributed by atoms with van der Waals surface area (Å²) in [5, 5.41) is 5.30. The third-order valence-electron chi connectivity index (χ3n) is 4.21. The summed E-state index contributed by atoms with van der Waals surface area (Å²) in [6, 6.07) is 3.82. The molecule has 2 aliphatic heterocycles. The Hall–Kier alpha value is -2.33. The Morgan fingerprint density at radius 2 is 1.64 bits per heavy atom. The highest BCUT2D eigenvalue weighted by Crippen LogP contribution is 2.26. The Morgan fingerprint density at radius 3 is 2.29 bits per heavy atom. The number of pyridine rings is 2. The van der Waals surface area contributed by atoms with Gasteiger partial charge >= 0.3 is 5.97 Å². The standard InChI is InChI=1S/C10H9BrN2O3.C8H7BrN2O/c1-16-10(15)7-3-5-2-6(11)4-12-8(5)13-9(7)14;9-6-3-5-1-2-7(12)11-8(5)10-4-6/h2,4,7H,3H2,1H3,(H,12,13,14);3-4H,1-2H2,(H,10,11,12). The summed E-state index contributed by atoms with van der Waals surface area (Å²) in [5.74, 6) is -0.411. The summed E-state index contributed by atoms with van der Waals surface area (Å²) in [5.41, 5.74) is 1.92. The van der Waals surface area contributed by atoms with Crippen LogP contribution in [-0.2, 0) is 32.0 Å². The molecule has 4 heterocycles. The van der Waals surface area contributed by atoms with Crippen molar-refractivity contribution >= 4 is 61.3 Å². The highest BCUT2D eigenvalue weighted by molar-refractivity contribution is 9.10. The quantitative estimate of drug-likeness (QED) is 0.450. The Bertz CT molecular complexity index is 951.